The zero-order valence-corrected chi connectivity index (χ0v) is 16.0. The summed E-state index contributed by atoms with van der Waals surface area (Å²) in [6, 6.07) is 0.289. The Hall–Kier alpha value is -2.24. The maximum atomic E-state index is 12.1. The lowest BCUT2D eigenvalue weighted by Crippen LogP contribution is -2.45. The molecule has 1 saturated carbocycles. The number of piperidine rings is 1. The second-order valence-corrected chi connectivity index (χ2v) is 8.40. The lowest BCUT2D eigenvalue weighted by Gasteiger charge is -2.33. The fourth-order valence-corrected chi connectivity index (χ4v) is 3.28. The largest absolute Gasteiger partial charge is 0.444 e. The van der Waals surface area contributed by atoms with Crippen LogP contribution in [0.15, 0.2) is 35.2 Å². The van der Waals surface area contributed by atoms with Gasteiger partial charge < -0.3 is 26.1 Å². The van der Waals surface area contributed by atoms with Crippen molar-refractivity contribution in [3.8, 4) is 0 Å². The van der Waals surface area contributed by atoms with Crippen molar-refractivity contribution in [2.24, 2.45) is 11.7 Å². The number of carbonyl (C=O) groups is 1. The van der Waals surface area contributed by atoms with Gasteiger partial charge in [0.05, 0.1) is 5.71 Å². The molecule has 0 unspecified atom stereocenters. The number of nitrogens with zero attached hydrogens (tertiary/aromatic N) is 1. The van der Waals surface area contributed by atoms with Gasteiger partial charge in [-0.15, -0.1) is 0 Å². The molecule has 3 aliphatic rings. The van der Waals surface area contributed by atoms with E-state index in [9.17, 15) is 4.79 Å². The lowest BCUT2D eigenvalue weighted by atomic mass is 9.95. The zero-order chi connectivity index (χ0) is 18.9. The van der Waals surface area contributed by atoms with Crippen LogP contribution in [0.3, 0.4) is 0 Å². The number of allylic oxidation sites excluding steroid dienone is 4. The van der Waals surface area contributed by atoms with Crippen LogP contribution < -0.4 is 11.1 Å². The van der Waals surface area contributed by atoms with E-state index in [4.69, 9.17) is 15.9 Å². The Morgan fingerprint density at radius 2 is 1.92 bits per heavy atom. The number of nitrogens with one attached hydrogen (secondary N) is 2. The molecule has 0 aromatic heterocycles. The van der Waals surface area contributed by atoms with Gasteiger partial charge in [0, 0.05) is 36.6 Å². The molecule has 0 atom stereocenters. The van der Waals surface area contributed by atoms with E-state index in [-0.39, 0.29) is 12.1 Å². The number of ether oxygens (including phenoxy) is 1. The van der Waals surface area contributed by atoms with Crippen LogP contribution in [-0.4, -0.2) is 41.4 Å². The van der Waals surface area contributed by atoms with Gasteiger partial charge in [-0.05, 0) is 70.1 Å². The minimum atomic E-state index is -0.461. The van der Waals surface area contributed by atoms with Crippen LogP contribution >= 0.6 is 0 Å². The predicted molar refractivity (Wildman–Crippen MR) is 103 cm³/mol. The standard InChI is InChI=1S/C20H30N4O2/c1-20(2,3)26-19(25)24-8-6-15(7-9-24)23-12-14-10-18(22)16(11-17(14)21)13-4-5-13/h10-13,15,21,23H,4-9,22H2,1-3H3/b14-12-,21-17?. The van der Waals surface area contributed by atoms with E-state index >= 15 is 0 Å². The first-order chi connectivity index (χ1) is 12.2. The Morgan fingerprint density at radius 1 is 1.27 bits per heavy atom. The van der Waals surface area contributed by atoms with Gasteiger partial charge in [-0.3, -0.25) is 0 Å². The smallest absolute Gasteiger partial charge is 0.410 e. The average molecular weight is 358 g/mol. The van der Waals surface area contributed by atoms with Crippen molar-refractivity contribution in [1.82, 2.24) is 10.2 Å². The summed E-state index contributed by atoms with van der Waals surface area (Å²) in [6.45, 7) is 7.00. The molecule has 2 fully saturated rings. The molecule has 6 nitrogen and oxygen atoms in total. The highest BCUT2D eigenvalue weighted by atomic mass is 16.6. The Kier molecular flexibility index (Phi) is 5.12. The normalized spacial score (nSPS) is 23.6. The molecular formula is C20H30N4O2. The van der Waals surface area contributed by atoms with E-state index in [1.165, 1.54) is 12.8 Å². The quantitative estimate of drug-likeness (QED) is 0.723. The van der Waals surface area contributed by atoms with Crippen LogP contribution in [-0.2, 0) is 4.74 Å². The van der Waals surface area contributed by atoms with Crippen molar-refractivity contribution >= 4 is 11.8 Å². The summed E-state index contributed by atoms with van der Waals surface area (Å²) >= 11 is 0. The molecule has 0 aromatic rings. The predicted octanol–water partition coefficient (Wildman–Crippen LogP) is 3.07. The van der Waals surface area contributed by atoms with E-state index in [0.29, 0.717) is 24.7 Å². The van der Waals surface area contributed by atoms with Crippen LogP contribution in [0.4, 0.5) is 4.79 Å². The van der Waals surface area contributed by atoms with Crippen LogP contribution in [0.2, 0.25) is 0 Å². The highest BCUT2D eigenvalue weighted by molar-refractivity contribution is 6.10. The van der Waals surface area contributed by atoms with Crippen molar-refractivity contribution in [1.29, 1.82) is 5.41 Å². The monoisotopic (exact) mass is 358 g/mol. The number of nitrogens with two attached hydrogens (primary N) is 1. The first-order valence-corrected chi connectivity index (χ1v) is 9.45. The van der Waals surface area contributed by atoms with Gasteiger partial charge in [0.25, 0.3) is 0 Å². The summed E-state index contributed by atoms with van der Waals surface area (Å²) in [6.07, 6.45) is 9.55. The number of amides is 1. The van der Waals surface area contributed by atoms with Gasteiger partial charge in [-0.1, -0.05) is 0 Å². The van der Waals surface area contributed by atoms with E-state index in [0.717, 1.165) is 29.7 Å². The zero-order valence-electron chi connectivity index (χ0n) is 16.0. The average Bonchev–Trinajstić information content (AvgIpc) is 3.39. The lowest BCUT2D eigenvalue weighted by molar-refractivity contribution is 0.0201. The number of hydrogen-bond acceptors (Lipinski definition) is 5. The van der Waals surface area contributed by atoms with Crippen molar-refractivity contribution in [2.75, 3.05) is 13.1 Å². The van der Waals surface area contributed by atoms with Crippen LogP contribution in [0.25, 0.3) is 0 Å². The minimum absolute atomic E-state index is 0.239. The van der Waals surface area contributed by atoms with Crippen molar-refractivity contribution in [3.63, 3.8) is 0 Å². The van der Waals surface area contributed by atoms with Gasteiger partial charge in [-0.2, -0.15) is 0 Å². The molecule has 0 aromatic carbocycles. The summed E-state index contributed by atoms with van der Waals surface area (Å²) in [5.74, 6) is 0.554. The van der Waals surface area contributed by atoms with Crippen molar-refractivity contribution in [2.45, 2.75) is 58.1 Å². The molecule has 26 heavy (non-hydrogen) atoms. The molecule has 1 aliphatic heterocycles. The van der Waals surface area contributed by atoms with Gasteiger partial charge >= 0.3 is 6.09 Å². The molecule has 142 valence electrons. The molecule has 4 N–H and O–H groups in total. The van der Waals surface area contributed by atoms with E-state index in [1.807, 2.05) is 39.1 Å². The maximum absolute atomic E-state index is 12.1. The summed E-state index contributed by atoms with van der Waals surface area (Å²) in [5, 5.41) is 11.6. The summed E-state index contributed by atoms with van der Waals surface area (Å²) < 4.78 is 5.43. The highest BCUT2D eigenvalue weighted by Gasteiger charge is 2.30. The molecule has 0 radical (unpaired) electrons. The Bertz CT molecular complexity index is 672. The molecule has 6 heteroatoms. The molecule has 0 bridgehead atoms. The third-order valence-corrected chi connectivity index (χ3v) is 4.89. The van der Waals surface area contributed by atoms with Gasteiger partial charge in [-0.25, -0.2) is 4.79 Å². The summed E-state index contributed by atoms with van der Waals surface area (Å²) in [4.78, 5) is 13.9. The van der Waals surface area contributed by atoms with Gasteiger partial charge in [0.1, 0.15) is 5.60 Å². The Labute approximate surface area is 155 Å². The maximum Gasteiger partial charge on any atom is 0.410 e. The molecule has 1 heterocycles. The minimum Gasteiger partial charge on any atom is -0.444 e. The van der Waals surface area contributed by atoms with Crippen LogP contribution in [0.1, 0.15) is 46.5 Å². The molecule has 1 amide bonds. The highest BCUT2D eigenvalue weighted by Crippen LogP contribution is 2.40. The van der Waals surface area contributed by atoms with Crippen LogP contribution in [0.5, 0.6) is 0 Å². The first-order valence-electron chi connectivity index (χ1n) is 9.45. The summed E-state index contributed by atoms with van der Waals surface area (Å²) in [5.41, 5.74) is 8.94. The Balaban J connectivity index is 1.50. The summed E-state index contributed by atoms with van der Waals surface area (Å²) in [7, 11) is 0. The molecular weight excluding hydrogens is 328 g/mol. The van der Waals surface area contributed by atoms with Gasteiger partial charge in [0.2, 0.25) is 0 Å². The fraction of sp³-hybridized carbons (Fsp3) is 0.600. The molecule has 2 aliphatic carbocycles. The number of rotatable bonds is 3. The molecule has 1 saturated heterocycles. The fourth-order valence-electron chi connectivity index (χ4n) is 3.28. The van der Waals surface area contributed by atoms with Crippen molar-refractivity contribution < 1.29 is 9.53 Å². The van der Waals surface area contributed by atoms with E-state index in [2.05, 4.69) is 5.32 Å². The third kappa shape index (κ3) is 4.68. The van der Waals surface area contributed by atoms with E-state index < -0.39 is 5.60 Å². The van der Waals surface area contributed by atoms with Crippen molar-refractivity contribution in [3.05, 3.63) is 35.2 Å². The number of hydrogen-bond donors (Lipinski definition) is 3. The Morgan fingerprint density at radius 3 is 2.50 bits per heavy atom. The first kappa shape index (κ1) is 18.5. The number of likely N-dealkylation sites (tertiary alicyclic amines) is 1. The molecule has 3 rings (SSSR count). The molecule has 0 spiro atoms. The number of carbonyl (C=O) groups excluding carboxylic acids is 1. The second-order valence-electron chi connectivity index (χ2n) is 8.40. The third-order valence-electron chi connectivity index (χ3n) is 4.89. The second kappa shape index (κ2) is 7.17. The van der Waals surface area contributed by atoms with Crippen LogP contribution in [0, 0.1) is 11.3 Å². The van der Waals surface area contributed by atoms with Gasteiger partial charge in [0.15, 0.2) is 0 Å². The van der Waals surface area contributed by atoms with E-state index in [1.54, 1.807) is 4.90 Å². The SMILES string of the molecule is CC(C)(C)OC(=O)N1CCC(N/C=C2/C=C(N)C(C3CC3)=CC2=N)CC1. The topological polar surface area (TPSA) is 91.4 Å².